The number of nitrogens with one attached hydrogen (secondary N) is 2. The van der Waals surface area contributed by atoms with Crippen molar-refractivity contribution >= 4 is 10.2 Å². The highest BCUT2D eigenvalue weighted by atomic mass is 32.2. The minimum absolute atomic E-state index is 0.0771. The standard InChI is InChI=1S/C11H18N2O4S/c1-17-8-7-12-18(15,16)13-9-11(14)10-5-3-2-4-6-10/h2-6,11-14H,7-9H2,1H3. The van der Waals surface area contributed by atoms with Gasteiger partial charge in [0, 0.05) is 20.2 Å². The van der Waals surface area contributed by atoms with Crippen LogP contribution in [0.25, 0.3) is 0 Å². The Kier molecular flexibility index (Phi) is 6.23. The molecule has 1 unspecified atom stereocenters. The topological polar surface area (TPSA) is 87.7 Å². The molecule has 1 aromatic rings. The van der Waals surface area contributed by atoms with Gasteiger partial charge in [0.1, 0.15) is 0 Å². The van der Waals surface area contributed by atoms with Gasteiger partial charge in [-0.2, -0.15) is 17.9 Å². The van der Waals surface area contributed by atoms with E-state index in [0.29, 0.717) is 12.2 Å². The van der Waals surface area contributed by atoms with E-state index in [1.807, 2.05) is 6.07 Å². The molecule has 0 aromatic heterocycles. The highest BCUT2D eigenvalue weighted by molar-refractivity contribution is 7.87. The van der Waals surface area contributed by atoms with Gasteiger partial charge in [0.15, 0.2) is 0 Å². The first-order valence-electron chi connectivity index (χ1n) is 5.51. The molecule has 0 radical (unpaired) electrons. The second kappa shape index (κ2) is 7.45. The Morgan fingerprint density at radius 1 is 1.28 bits per heavy atom. The Morgan fingerprint density at radius 3 is 2.56 bits per heavy atom. The maximum atomic E-state index is 11.5. The summed E-state index contributed by atoms with van der Waals surface area (Å²) >= 11 is 0. The zero-order valence-electron chi connectivity index (χ0n) is 10.2. The van der Waals surface area contributed by atoms with E-state index in [1.54, 1.807) is 24.3 Å². The van der Waals surface area contributed by atoms with Gasteiger partial charge in [-0.25, -0.2) is 0 Å². The van der Waals surface area contributed by atoms with Crippen LogP contribution in [0, 0.1) is 0 Å². The quantitative estimate of drug-likeness (QED) is 0.572. The summed E-state index contributed by atoms with van der Waals surface area (Å²) in [4.78, 5) is 0. The normalized spacial score (nSPS) is 13.4. The molecule has 7 heteroatoms. The van der Waals surface area contributed by atoms with Gasteiger partial charge in [-0.3, -0.25) is 0 Å². The van der Waals surface area contributed by atoms with Crippen molar-refractivity contribution in [3.8, 4) is 0 Å². The molecule has 1 atom stereocenters. The summed E-state index contributed by atoms with van der Waals surface area (Å²) in [5, 5.41) is 9.78. The van der Waals surface area contributed by atoms with Crippen molar-refractivity contribution in [3.63, 3.8) is 0 Å². The van der Waals surface area contributed by atoms with Gasteiger partial charge in [-0.1, -0.05) is 30.3 Å². The minimum atomic E-state index is -3.60. The maximum Gasteiger partial charge on any atom is 0.277 e. The summed E-state index contributed by atoms with van der Waals surface area (Å²) in [7, 11) is -2.11. The van der Waals surface area contributed by atoms with Crippen LogP contribution in [0.1, 0.15) is 11.7 Å². The Hall–Kier alpha value is -0.990. The average Bonchev–Trinajstić information content (AvgIpc) is 2.37. The van der Waals surface area contributed by atoms with Crippen LogP contribution in [0.3, 0.4) is 0 Å². The number of rotatable bonds is 8. The van der Waals surface area contributed by atoms with E-state index in [0.717, 1.165) is 0 Å². The van der Waals surface area contributed by atoms with Gasteiger partial charge in [0.05, 0.1) is 12.7 Å². The molecule has 102 valence electrons. The van der Waals surface area contributed by atoms with Crippen LogP contribution in [0.2, 0.25) is 0 Å². The van der Waals surface area contributed by atoms with Gasteiger partial charge in [0.25, 0.3) is 10.2 Å². The van der Waals surface area contributed by atoms with E-state index in [2.05, 4.69) is 9.44 Å². The molecule has 0 bridgehead atoms. The largest absolute Gasteiger partial charge is 0.387 e. The summed E-state index contributed by atoms with van der Waals surface area (Å²) in [6.07, 6.45) is -0.870. The van der Waals surface area contributed by atoms with Gasteiger partial charge in [0.2, 0.25) is 0 Å². The monoisotopic (exact) mass is 274 g/mol. The van der Waals surface area contributed by atoms with Crippen molar-refractivity contribution in [2.45, 2.75) is 6.10 Å². The first kappa shape index (κ1) is 15.1. The lowest BCUT2D eigenvalue weighted by Gasteiger charge is -2.12. The molecule has 3 N–H and O–H groups in total. The molecule has 0 aliphatic carbocycles. The van der Waals surface area contributed by atoms with Crippen LogP contribution in [0.4, 0.5) is 0 Å². The zero-order valence-corrected chi connectivity index (χ0v) is 11.0. The van der Waals surface area contributed by atoms with Crippen molar-refractivity contribution in [1.82, 2.24) is 9.44 Å². The molecule has 0 saturated carbocycles. The van der Waals surface area contributed by atoms with Crippen LogP contribution in [0.5, 0.6) is 0 Å². The van der Waals surface area contributed by atoms with Crippen LogP contribution in [0.15, 0.2) is 30.3 Å². The van der Waals surface area contributed by atoms with Gasteiger partial charge >= 0.3 is 0 Å². The fourth-order valence-electron chi connectivity index (χ4n) is 1.31. The Labute approximate surface area is 107 Å². The molecule has 0 spiro atoms. The molecule has 0 aliphatic rings. The average molecular weight is 274 g/mol. The fourth-order valence-corrected chi connectivity index (χ4v) is 2.14. The van der Waals surface area contributed by atoms with E-state index in [4.69, 9.17) is 4.74 Å². The SMILES string of the molecule is COCCNS(=O)(=O)NCC(O)c1ccccc1. The Bertz CT molecular complexity index is 436. The third kappa shape index (κ3) is 5.56. The van der Waals surface area contributed by atoms with E-state index >= 15 is 0 Å². The van der Waals surface area contributed by atoms with Crippen molar-refractivity contribution in [3.05, 3.63) is 35.9 Å². The second-order valence-electron chi connectivity index (χ2n) is 3.67. The summed E-state index contributed by atoms with van der Waals surface area (Å²) in [6.45, 7) is 0.405. The number of ether oxygens (including phenoxy) is 1. The highest BCUT2D eigenvalue weighted by Gasteiger charge is 2.12. The second-order valence-corrected chi connectivity index (χ2v) is 5.25. The number of benzene rings is 1. The lowest BCUT2D eigenvalue weighted by atomic mass is 10.1. The number of hydrogen-bond acceptors (Lipinski definition) is 4. The molecule has 0 heterocycles. The number of methoxy groups -OCH3 is 1. The van der Waals surface area contributed by atoms with E-state index in [-0.39, 0.29) is 13.1 Å². The van der Waals surface area contributed by atoms with Crippen LogP contribution in [-0.2, 0) is 14.9 Å². The molecule has 0 aliphatic heterocycles. The van der Waals surface area contributed by atoms with Gasteiger partial charge in [-0.05, 0) is 5.56 Å². The highest BCUT2D eigenvalue weighted by Crippen LogP contribution is 2.10. The predicted octanol–water partition coefficient (Wildman–Crippen LogP) is -0.210. The zero-order chi connectivity index (χ0) is 13.4. The third-order valence-corrected chi connectivity index (χ3v) is 3.38. The molecule has 1 aromatic carbocycles. The lowest BCUT2D eigenvalue weighted by Crippen LogP contribution is -2.40. The number of aliphatic hydroxyl groups excluding tert-OH is 1. The third-order valence-electron chi connectivity index (χ3n) is 2.25. The Balaban J connectivity index is 2.40. The van der Waals surface area contributed by atoms with Crippen LogP contribution >= 0.6 is 0 Å². The maximum absolute atomic E-state index is 11.5. The molecule has 0 saturated heterocycles. The molecule has 18 heavy (non-hydrogen) atoms. The minimum Gasteiger partial charge on any atom is -0.387 e. The molecular formula is C11H18N2O4S. The molecular weight excluding hydrogens is 256 g/mol. The van der Waals surface area contributed by atoms with E-state index in [1.165, 1.54) is 7.11 Å². The first-order valence-corrected chi connectivity index (χ1v) is 6.99. The van der Waals surface area contributed by atoms with E-state index in [9.17, 15) is 13.5 Å². The summed E-state index contributed by atoms with van der Waals surface area (Å²) in [5.74, 6) is 0. The lowest BCUT2D eigenvalue weighted by molar-refractivity contribution is 0.181. The van der Waals surface area contributed by atoms with Crippen molar-refractivity contribution in [1.29, 1.82) is 0 Å². The molecule has 1 rings (SSSR count). The Morgan fingerprint density at radius 2 is 1.94 bits per heavy atom. The smallest absolute Gasteiger partial charge is 0.277 e. The molecule has 0 amide bonds. The fraction of sp³-hybridized carbons (Fsp3) is 0.455. The summed E-state index contributed by atoms with van der Waals surface area (Å²) in [5.41, 5.74) is 0.664. The van der Waals surface area contributed by atoms with Crippen molar-refractivity contribution in [2.75, 3.05) is 26.8 Å². The molecule has 6 nitrogen and oxygen atoms in total. The van der Waals surface area contributed by atoms with Crippen molar-refractivity contribution in [2.24, 2.45) is 0 Å². The number of hydrogen-bond donors (Lipinski definition) is 3. The first-order chi connectivity index (χ1) is 8.55. The predicted molar refractivity (Wildman–Crippen MR) is 68.2 cm³/mol. The van der Waals surface area contributed by atoms with Crippen molar-refractivity contribution < 1.29 is 18.3 Å². The number of aliphatic hydroxyl groups is 1. The van der Waals surface area contributed by atoms with E-state index < -0.39 is 16.3 Å². The van der Waals surface area contributed by atoms with Crippen LogP contribution in [-0.4, -0.2) is 40.3 Å². The van der Waals surface area contributed by atoms with Crippen LogP contribution < -0.4 is 9.44 Å². The molecule has 0 fully saturated rings. The van der Waals surface area contributed by atoms with Gasteiger partial charge < -0.3 is 9.84 Å². The summed E-state index contributed by atoms with van der Waals surface area (Å²) in [6, 6.07) is 8.86. The van der Waals surface area contributed by atoms with Gasteiger partial charge in [-0.15, -0.1) is 0 Å². The summed E-state index contributed by atoms with van der Waals surface area (Å²) < 4.78 is 32.2.